The summed E-state index contributed by atoms with van der Waals surface area (Å²) in [5.41, 5.74) is 0.331. The molecule has 2 aromatic carbocycles. The predicted octanol–water partition coefficient (Wildman–Crippen LogP) is 4.12. The van der Waals surface area contributed by atoms with E-state index in [0.717, 1.165) is 0 Å². The fourth-order valence-corrected chi connectivity index (χ4v) is 2.55. The summed E-state index contributed by atoms with van der Waals surface area (Å²) in [6.07, 6.45) is 0.0231. The van der Waals surface area contributed by atoms with Gasteiger partial charge in [0.1, 0.15) is 11.6 Å². The van der Waals surface area contributed by atoms with Gasteiger partial charge in [0.15, 0.2) is 11.5 Å². The molecule has 6 heteroatoms. The fourth-order valence-electron chi connectivity index (χ4n) is 2.55. The number of rotatable bonds is 7. The lowest BCUT2D eigenvalue weighted by molar-refractivity contribution is 0.0939. The predicted molar refractivity (Wildman–Crippen MR) is 95.7 cm³/mol. The van der Waals surface area contributed by atoms with Crippen molar-refractivity contribution >= 4 is 5.91 Å². The van der Waals surface area contributed by atoms with Crippen LogP contribution in [0.25, 0.3) is 0 Å². The third-order valence-corrected chi connectivity index (χ3v) is 3.74. The molecule has 0 aromatic heterocycles. The van der Waals surface area contributed by atoms with Crippen molar-refractivity contribution in [2.75, 3.05) is 7.11 Å². The van der Waals surface area contributed by atoms with Crippen molar-refractivity contribution in [3.05, 3.63) is 59.2 Å². The second-order valence-corrected chi connectivity index (χ2v) is 6.31. The Labute approximate surface area is 152 Å². The maximum atomic E-state index is 13.7. The molecule has 2 rings (SSSR count). The first-order chi connectivity index (χ1) is 12.3. The topological polar surface area (TPSA) is 47.6 Å². The second kappa shape index (κ2) is 8.65. The molecule has 0 heterocycles. The monoisotopic (exact) mass is 363 g/mol. The van der Waals surface area contributed by atoms with Crippen LogP contribution in [0.1, 0.15) is 36.7 Å². The van der Waals surface area contributed by atoms with Crippen LogP contribution in [0, 0.1) is 11.6 Å². The minimum atomic E-state index is -0.622. The van der Waals surface area contributed by atoms with E-state index in [1.165, 1.54) is 25.3 Å². The van der Waals surface area contributed by atoms with Crippen LogP contribution in [-0.4, -0.2) is 25.2 Å². The quantitative estimate of drug-likeness (QED) is 0.805. The van der Waals surface area contributed by atoms with Crippen molar-refractivity contribution in [1.82, 2.24) is 5.32 Å². The maximum absolute atomic E-state index is 13.7. The largest absolute Gasteiger partial charge is 0.493 e. The Hall–Kier alpha value is -2.63. The van der Waals surface area contributed by atoms with E-state index in [-0.39, 0.29) is 24.0 Å². The van der Waals surface area contributed by atoms with Crippen LogP contribution in [0.15, 0.2) is 36.4 Å². The van der Waals surface area contributed by atoms with Gasteiger partial charge in [-0.25, -0.2) is 8.78 Å². The average molecular weight is 363 g/mol. The average Bonchev–Trinajstić information content (AvgIpc) is 2.58. The first kappa shape index (κ1) is 19.7. The molecule has 0 saturated carbocycles. The third kappa shape index (κ3) is 4.94. The molecule has 140 valence electrons. The summed E-state index contributed by atoms with van der Waals surface area (Å²) in [6, 6.07) is 8.11. The number of benzene rings is 2. The molecular formula is C20H23F2NO3. The highest BCUT2D eigenvalue weighted by atomic mass is 19.1. The van der Waals surface area contributed by atoms with Crippen LogP contribution in [0.5, 0.6) is 11.5 Å². The SMILES string of the molecule is COc1cc(C(=O)NC(C)Cc2c(F)cccc2F)ccc1OC(C)C. The Morgan fingerprint density at radius 2 is 1.73 bits per heavy atom. The minimum absolute atomic E-state index is 0.0285. The Bertz CT molecular complexity index is 757. The van der Waals surface area contributed by atoms with Gasteiger partial charge in [-0.2, -0.15) is 0 Å². The van der Waals surface area contributed by atoms with E-state index in [0.29, 0.717) is 17.1 Å². The van der Waals surface area contributed by atoms with E-state index >= 15 is 0 Å². The van der Waals surface area contributed by atoms with E-state index in [2.05, 4.69) is 5.32 Å². The molecule has 0 aliphatic heterocycles. The van der Waals surface area contributed by atoms with Gasteiger partial charge in [0, 0.05) is 17.2 Å². The van der Waals surface area contributed by atoms with Crippen LogP contribution in [0.2, 0.25) is 0 Å². The summed E-state index contributed by atoms with van der Waals surface area (Å²) in [5.74, 6) is -0.616. The van der Waals surface area contributed by atoms with Gasteiger partial charge >= 0.3 is 0 Å². The molecule has 0 radical (unpaired) electrons. The molecule has 26 heavy (non-hydrogen) atoms. The molecule has 1 amide bonds. The van der Waals surface area contributed by atoms with Gasteiger partial charge in [-0.3, -0.25) is 4.79 Å². The van der Waals surface area contributed by atoms with Crippen LogP contribution < -0.4 is 14.8 Å². The van der Waals surface area contributed by atoms with E-state index in [1.54, 1.807) is 25.1 Å². The number of hydrogen-bond donors (Lipinski definition) is 1. The fraction of sp³-hybridized carbons (Fsp3) is 0.350. The molecule has 0 aliphatic rings. The summed E-state index contributed by atoms with van der Waals surface area (Å²) < 4.78 is 38.4. The van der Waals surface area contributed by atoms with Crippen molar-refractivity contribution in [2.45, 2.75) is 39.3 Å². The van der Waals surface area contributed by atoms with Gasteiger partial charge in [0.2, 0.25) is 0 Å². The number of carbonyl (C=O) groups is 1. The summed E-state index contributed by atoms with van der Waals surface area (Å²) in [6.45, 7) is 5.48. The lowest BCUT2D eigenvalue weighted by Gasteiger charge is -2.17. The summed E-state index contributed by atoms with van der Waals surface area (Å²) in [5, 5.41) is 2.74. The van der Waals surface area contributed by atoms with Crippen molar-refractivity contribution in [3.63, 3.8) is 0 Å². The first-order valence-electron chi connectivity index (χ1n) is 8.40. The lowest BCUT2D eigenvalue weighted by Crippen LogP contribution is -2.34. The standard InChI is InChI=1S/C20H23F2NO3/c1-12(2)26-18-9-8-14(11-19(18)25-4)20(24)23-13(3)10-15-16(21)6-5-7-17(15)22/h5-9,11-13H,10H2,1-4H3,(H,23,24). The lowest BCUT2D eigenvalue weighted by atomic mass is 10.1. The summed E-state index contributed by atoms with van der Waals surface area (Å²) >= 11 is 0. The number of halogens is 2. The van der Waals surface area contributed by atoms with Crippen LogP contribution in [-0.2, 0) is 6.42 Å². The highest BCUT2D eigenvalue weighted by molar-refractivity contribution is 5.95. The second-order valence-electron chi connectivity index (χ2n) is 6.31. The van der Waals surface area contributed by atoms with Crippen LogP contribution in [0.4, 0.5) is 8.78 Å². The van der Waals surface area contributed by atoms with E-state index < -0.39 is 17.7 Å². The normalized spacial score (nSPS) is 12.0. The molecule has 0 bridgehead atoms. The zero-order valence-corrected chi connectivity index (χ0v) is 15.3. The Balaban J connectivity index is 2.09. The van der Waals surface area contributed by atoms with Crippen molar-refractivity contribution < 1.29 is 23.0 Å². The summed E-state index contributed by atoms with van der Waals surface area (Å²) in [4.78, 5) is 12.4. The number of hydrogen-bond acceptors (Lipinski definition) is 3. The Morgan fingerprint density at radius 1 is 1.08 bits per heavy atom. The van der Waals surface area contributed by atoms with E-state index in [4.69, 9.17) is 9.47 Å². The van der Waals surface area contributed by atoms with Gasteiger partial charge < -0.3 is 14.8 Å². The van der Waals surface area contributed by atoms with Gasteiger partial charge in [-0.1, -0.05) is 6.07 Å². The van der Waals surface area contributed by atoms with E-state index in [1.807, 2.05) is 13.8 Å². The zero-order chi connectivity index (χ0) is 19.3. The maximum Gasteiger partial charge on any atom is 0.251 e. The Kier molecular flexibility index (Phi) is 6.55. The number of amides is 1. The van der Waals surface area contributed by atoms with Crippen molar-refractivity contribution in [2.24, 2.45) is 0 Å². The number of methoxy groups -OCH3 is 1. The number of ether oxygens (including phenoxy) is 2. The zero-order valence-electron chi connectivity index (χ0n) is 15.3. The highest BCUT2D eigenvalue weighted by Gasteiger charge is 2.17. The Morgan fingerprint density at radius 3 is 2.31 bits per heavy atom. The van der Waals surface area contributed by atoms with Gasteiger partial charge in [0.25, 0.3) is 5.91 Å². The van der Waals surface area contributed by atoms with Crippen molar-refractivity contribution in [1.29, 1.82) is 0 Å². The van der Waals surface area contributed by atoms with Gasteiger partial charge in [-0.05, 0) is 57.5 Å². The molecule has 0 spiro atoms. The molecule has 0 saturated heterocycles. The van der Waals surface area contributed by atoms with Crippen LogP contribution in [0.3, 0.4) is 0 Å². The molecule has 0 aliphatic carbocycles. The molecule has 1 atom stereocenters. The molecule has 0 fully saturated rings. The molecular weight excluding hydrogens is 340 g/mol. The van der Waals surface area contributed by atoms with Crippen LogP contribution >= 0.6 is 0 Å². The smallest absolute Gasteiger partial charge is 0.251 e. The number of nitrogens with one attached hydrogen (secondary N) is 1. The third-order valence-electron chi connectivity index (χ3n) is 3.74. The molecule has 1 N–H and O–H groups in total. The van der Waals surface area contributed by atoms with Gasteiger partial charge in [-0.15, -0.1) is 0 Å². The number of carbonyl (C=O) groups excluding carboxylic acids is 1. The van der Waals surface area contributed by atoms with Crippen molar-refractivity contribution in [3.8, 4) is 11.5 Å². The minimum Gasteiger partial charge on any atom is -0.493 e. The molecule has 1 unspecified atom stereocenters. The molecule has 2 aromatic rings. The highest BCUT2D eigenvalue weighted by Crippen LogP contribution is 2.29. The summed E-state index contributed by atoms with van der Waals surface area (Å²) in [7, 11) is 1.49. The van der Waals surface area contributed by atoms with Gasteiger partial charge in [0.05, 0.1) is 13.2 Å². The van der Waals surface area contributed by atoms with E-state index in [9.17, 15) is 13.6 Å². The molecule has 4 nitrogen and oxygen atoms in total. The first-order valence-corrected chi connectivity index (χ1v) is 8.40.